The van der Waals surface area contributed by atoms with Crippen molar-refractivity contribution >= 4 is 57.7 Å². The molecule has 3 N–H and O–H groups in total. The van der Waals surface area contributed by atoms with E-state index in [0.717, 1.165) is 27.8 Å². The first kappa shape index (κ1) is 53.8. The van der Waals surface area contributed by atoms with Gasteiger partial charge >= 0.3 is 11.9 Å². The fourth-order valence-corrected chi connectivity index (χ4v) is 11.9. The molecule has 0 radical (unpaired) electrons. The number of esters is 2. The van der Waals surface area contributed by atoms with Crippen LogP contribution in [0.25, 0.3) is 11.1 Å². The number of hydrogen-bond acceptors (Lipinski definition) is 15. The van der Waals surface area contributed by atoms with Crippen LogP contribution in [0.4, 0.5) is 5.13 Å². The molecule has 0 spiro atoms. The average Bonchev–Trinajstić information content (AvgIpc) is 3.99. The van der Waals surface area contributed by atoms with Crippen molar-refractivity contribution in [1.29, 1.82) is 0 Å². The molecular weight excluding hydrogens is 1040 g/mol. The number of thiazole rings is 1. The molecule has 16 nitrogen and oxygen atoms in total. The third-order valence-electron chi connectivity index (χ3n) is 13.7. The molecule has 79 heavy (non-hydrogen) atoms. The van der Waals surface area contributed by atoms with Crippen LogP contribution in [-0.2, 0) is 45.6 Å². The van der Waals surface area contributed by atoms with Gasteiger partial charge in [-0.2, -0.15) is 5.10 Å². The summed E-state index contributed by atoms with van der Waals surface area (Å²) in [5.74, 6) is -2.89. The number of benzene rings is 6. The molecule has 3 atom stereocenters. The molecule has 4 heterocycles. The summed E-state index contributed by atoms with van der Waals surface area (Å²) in [4.78, 5) is 82.7. The van der Waals surface area contributed by atoms with E-state index in [1.54, 1.807) is 37.0 Å². The Morgan fingerprint density at radius 2 is 1.34 bits per heavy atom. The predicted octanol–water partition coefficient (Wildman–Crippen LogP) is 9.17. The summed E-state index contributed by atoms with van der Waals surface area (Å²) in [7, 11) is 0. The number of phenolic OH excluding ortho intramolecular Hbond substituents is 1. The highest BCUT2D eigenvalue weighted by Gasteiger charge is 2.59. The number of ether oxygens (including phenoxy) is 2. The summed E-state index contributed by atoms with van der Waals surface area (Å²) in [6, 6.07) is 50.1. The number of nitrogens with one attached hydrogen (secondary N) is 2. The Kier molecular flexibility index (Phi) is 15.0. The van der Waals surface area contributed by atoms with E-state index in [0.29, 0.717) is 16.3 Å². The lowest BCUT2D eigenvalue weighted by Gasteiger charge is -2.54. The first-order valence-corrected chi connectivity index (χ1v) is 27.5. The lowest BCUT2D eigenvalue weighted by atomic mass is 9.77. The smallest absolute Gasteiger partial charge is 0.353 e. The van der Waals surface area contributed by atoms with Crippen LogP contribution in [0.5, 0.6) is 5.75 Å². The lowest BCUT2D eigenvalue weighted by molar-refractivity contribution is -0.179. The molecule has 5 aromatic carbocycles. The second kappa shape index (κ2) is 22.0. The van der Waals surface area contributed by atoms with E-state index < -0.39 is 74.6 Å². The summed E-state index contributed by atoms with van der Waals surface area (Å²) in [6.45, 7) is 7.97. The molecule has 10 rings (SSSR count). The molecule has 2 unspecified atom stereocenters. The number of aromatic hydroxyl groups is 1. The minimum atomic E-state index is -1.67. The molecular formula is C61H57N7O9S2. The van der Waals surface area contributed by atoms with E-state index in [1.165, 1.54) is 60.2 Å². The van der Waals surface area contributed by atoms with Gasteiger partial charge in [0.05, 0.1) is 12.7 Å². The standard InChI is InChI=1S/C61H57N7O9S2/c1-58(2,3)76-55(73)59(4,5)77-66-49(46-35-78-57(63-46)65-61(43-25-15-8-16-26-43,44-27-17-9-18-28-44)45-29-19-10-20-30-45)52(71)64-50-53(72)68-37-60(38-79-54(50)68,36-67-34-42-32-48(70)47(69)31-41(42)33-62-67)56(74)75-51(39-21-11-6-12-22-39)40-23-13-7-14-24-40/h6-35,50-51,54,70H,36-38H2,1-5H3,(H,63,65)(H,64,71)/t50?,54-,60?/m1/s1. The third-order valence-corrected chi connectivity index (χ3v) is 16.0. The lowest BCUT2D eigenvalue weighted by Crippen LogP contribution is -2.74. The van der Waals surface area contributed by atoms with Crippen molar-refractivity contribution in [3.63, 3.8) is 0 Å². The van der Waals surface area contributed by atoms with Gasteiger partial charge < -0.3 is 35.0 Å². The van der Waals surface area contributed by atoms with Gasteiger partial charge in [0.1, 0.15) is 33.7 Å². The van der Waals surface area contributed by atoms with E-state index in [-0.39, 0.29) is 30.2 Å². The van der Waals surface area contributed by atoms with Gasteiger partial charge in [-0.15, -0.1) is 23.1 Å². The van der Waals surface area contributed by atoms with Crippen LogP contribution < -0.4 is 16.1 Å². The predicted molar refractivity (Wildman–Crippen MR) is 302 cm³/mol. The van der Waals surface area contributed by atoms with Gasteiger partial charge in [0.15, 0.2) is 22.7 Å². The zero-order chi connectivity index (χ0) is 55.5. The molecule has 1 aliphatic carbocycles. The number of amides is 2. The van der Waals surface area contributed by atoms with Gasteiger partial charge in [-0.25, -0.2) is 9.78 Å². The highest BCUT2D eigenvalue weighted by atomic mass is 32.2. The van der Waals surface area contributed by atoms with Crippen molar-refractivity contribution in [3.8, 4) is 16.9 Å². The first-order valence-electron chi connectivity index (χ1n) is 25.6. The topological polar surface area (TPSA) is 204 Å². The Balaban J connectivity index is 0.961. The van der Waals surface area contributed by atoms with Crippen molar-refractivity contribution < 1.29 is 38.6 Å². The zero-order valence-electron chi connectivity index (χ0n) is 43.9. The number of oxime groups is 1. The van der Waals surface area contributed by atoms with E-state index in [4.69, 9.17) is 19.3 Å². The maximum absolute atomic E-state index is 15.1. The molecule has 0 bridgehead atoms. The molecule has 18 heteroatoms. The minimum Gasteiger partial charge on any atom is -0.504 e. The number of nitrogens with zero attached hydrogens (tertiary/aromatic N) is 5. The molecule has 6 aromatic rings. The SMILES string of the molecule is CC(C)(C)OC(=O)C(C)(C)ON=C(C(=O)NC1C(=O)N2CC(Cn3cc4cc(O)c(=O)cc-4cn3)(C(=O)OC(c3ccccc3)c3ccccc3)CS[C@H]12)c1csc(NC(c2ccccc2)(c2ccccc2)c2ccccc2)n1. The van der Waals surface area contributed by atoms with Crippen molar-refractivity contribution in [2.75, 3.05) is 17.6 Å². The number of fused-ring (bicyclic) bond motifs is 2. The van der Waals surface area contributed by atoms with Crippen LogP contribution in [0.2, 0.25) is 0 Å². The van der Waals surface area contributed by atoms with Crippen LogP contribution in [0.15, 0.2) is 192 Å². The number of phenols is 1. The van der Waals surface area contributed by atoms with Gasteiger partial charge in [-0.3, -0.25) is 23.9 Å². The highest BCUT2D eigenvalue weighted by molar-refractivity contribution is 8.00. The molecule has 2 fully saturated rings. The Hall–Kier alpha value is -8.61. The van der Waals surface area contributed by atoms with Crippen LogP contribution >= 0.6 is 23.1 Å². The fraction of sp³-hybridized carbons (Fsp3) is 0.246. The molecule has 2 amide bonds. The van der Waals surface area contributed by atoms with Gasteiger partial charge in [-0.05, 0) is 74.6 Å². The van der Waals surface area contributed by atoms with E-state index in [1.807, 2.05) is 152 Å². The highest BCUT2D eigenvalue weighted by Crippen LogP contribution is 2.46. The number of carbonyl (C=O) groups excluding carboxylic acids is 4. The van der Waals surface area contributed by atoms with Crippen molar-refractivity contribution in [2.24, 2.45) is 10.6 Å². The van der Waals surface area contributed by atoms with Crippen LogP contribution in [0.3, 0.4) is 0 Å². The Bertz CT molecular complexity index is 3420. The summed E-state index contributed by atoms with van der Waals surface area (Å²) in [6.07, 6.45) is 2.31. The molecule has 402 valence electrons. The number of aromatic nitrogens is 3. The zero-order valence-corrected chi connectivity index (χ0v) is 45.6. The number of hydrogen-bond donors (Lipinski definition) is 3. The van der Waals surface area contributed by atoms with E-state index >= 15 is 4.79 Å². The second-order valence-electron chi connectivity index (χ2n) is 21.0. The number of anilines is 1. The van der Waals surface area contributed by atoms with Crippen molar-refractivity contribution in [3.05, 3.63) is 225 Å². The second-order valence-corrected chi connectivity index (χ2v) is 22.9. The van der Waals surface area contributed by atoms with Crippen LogP contribution in [-0.4, -0.2) is 89.2 Å². The maximum Gasteiger partial charge on any atom is 0.353 e. The monoisotopic (exact) mass is 1100 g/mol. The number of rotatable bonds is 17. The largest absolute Gasteiger partial charge is 0.504 e. The summed E-state index contributed by atoms with van der Waals surface area (Å²) in [5.41, 5.74) is -0.404. The number of thioether (sulfide) groups is 1. The van der Waals surface area contributed by atoms with Crippen molar-refractivity contribution in [1.82, 2.24) is 25.0 Å². The van der Waals surface area contributed by atoms with E-state index in [2.05, 4.69) is 20.9 Å². The summed E-state index contributed by atoms with van der Waals surface area (Å²) >= 11 is 2.53. The van der Waals surface area contributed by atoms with Crippen molar-refractivity contribution in [2.45, 2.75) is 75.4 Å². The minimum absolute atomic E-state index is 0.0552. The Morgan fingerprint density at radius 1 is 0.785 bits per heavy atom. The first-order chi connectivity index (χ1) is 37.9. The Labute approximate surface area is 464 Å². The van der Waals surface area contributed by atoms with Gasteiger partial charge in [0.2, 0.25) is 16.9 Å². The van der Waals surface area contributed by atoms with Gasteiger partial charge in [0, 0.05) is 35.0 Å². The van der Waals surface area contributed by atoms with E-state index in [9.17, 15) is 24.3 Å². The molecule has 1 aromatic heterocycles. The molecule has 0 saturated carbocycles. The van der Waals surface area contributed by atoms with Crippen LogP contribution in [0, 0.1) is 5.41 Å². The van der Waals surface area contributed by atoms with Gasteiger partial charge in [0.25, 0.3) is 5.91 Å². The molecule has 3 aliphatic heterocycles. The molecule has 4 aliphatic rings. The third kappa shape index (κ3) is 11.2. The quantitative estimate of drug-likeness (QED) is 0.0256. The fourth-order valence-electron chi connectivity index (χ4n) is 9.67. The number of carbonyl (C=O) groups is 4. The summed E-state index contributed by atoms with van der Waals surface area (Å²) < 4.78 is 13.7. The maximum atomic E-state index is 15.1. The summed E-state index contributed by atoms with van der Waals surface area (Å²) in [5, 5.41) is 27.3. The van der Waals surface area contributed by atoms with Gasteiger partial charge in [-0.1, -0.05) is 157 Å². The van der Waals surface area contributed by atoms with Crippen LogP contribution in [0.1, 0.15) is 74.2 Å². The number of β-lactam (4-membered cyclic amide) rings is 1. The average molecular weight is 1100 g/mol. The Morgan fingerprint density at radius 3 is 1.90 bits per heavy atom. The normalized spacial score (nSPS) is 17.6. The molecule has 2 saturated heterocycles.